The quantitative estimate of drug-likeness (QED) is 0.538. The number of aromatic amines is 1. The summed E-state index contributed by atoms with van der Waals surface area (Å²) in [6.45, 7) is 10.1. The molecule has 1 aromatic rings. The van der Waals surface area contributed by atoms with Crippen LogP contribution in [0.3, 0.4) is 0 Å². The third-order valence-corrected chi connectivity index (χ3v) is 5.52. The van der Waals surface area contributed by atoms with Crippen molar-refractivity contribution in [3.63, 3.8) is 0 Å². The maximum Gasteiger partial charge on any atom is 0.330 e. The molecule has 0 aromatic carbocycles. The monoisotopic (exact) mass is 388 g/mol. The SMILES string of the molecule is CC(C)N(C(C)C)N(C)P(O)O[C@H]1C[C@H](n2ccc(=O)[nH]c2=O)O[C@@H]1C. The van der Waals surface area contributed by atoms with Gasteiger partial charge >= 0.3 is 5.69 Å². The van der Waals surface area contributed by atoms with Crippen LogP contribution in [0.5, 0.6) is 0 Å². The smallest absolute Gasteiger partial charge is 0.330 e. The molecule has 2 heterocycles. The second kappa shape index (κ2) is 8.73. The molecular formula is C16H29N4O5P. The lowest BCUT2D eigenvalue weighted by atomic mass is 10.2. The molecular weight excluding hydrogens is 359 g/mol. The van der Waals surface area contributed by atoms with E-state index >= 15 is 0 Å². The summed E-state index contributed by atoms with van der Waals surface area (Å²) in [5, 5.41) is 2.05. The van der Waals surface area contributed by atoms with Crippen molar-refractivity contribution in [3.8, 4) is 0 Å². The molecule has 2 rings (SSSR count). The highest BCUT2D eigenvalue weighted by atomic mass is 31.2. The second-order valence-electron chi connectivity index (χ2n) is 7.00. The van der Waals surface area contributed by atoms with Crippen molar-refractivity contribution in [1.82, 2.24) is 19.3 Å². The first kappa shape index (κ1) is 21.2. The summed E-state index contributed by atoms with van der Waals surface area (Å²) >= 11 is 0. The van der Waals surface area contributed by atoms with Crippen LogP contribution in [0.1, 0.15) is 47.3 Å². The van der Waals surface area contributed by atoms with Crippen molar-refractivity contribution in [2.24, 2.45) is 0 Å². The molecule has 1 saturated heterocycles. The van der Waals surface area contributed by atoms with Gasteiger partial charge in [0.2, 0.25) is 0 Å². The average molecular weight is 388 g/mol. The minimum Gasteiger partial charge on any atom is -0.352 e. The number of rotatable bonds is 7. The topological polar surface area (TPSA) is 100 Å². The van der Waals surface area contributed by atoms with Crippen LogP contribution in [0.15, 0.2) is 21.9 Å². The lowest BCUT2D eigenvalue weighted by Gasteiger charge is -2.40. The molecule has 0 aliphatic carbocycles. The highest BCUT2D eigenvalue weighted by Crippen LogP contribution is 2.43. The highest BCUT2D eigenvalue weighted by Gasteiger charge is 2.38. The van der Waals surface area contributed by atoms with E-state index in [1.165, 1.54) is 16.8 Å². The minimum absolute atomic E-state index is 0.213. The first-order valence-electron chi connectivity index (χ1n) is 8.76. The van der Waals surface area contributed by atoms with Gasteiger partial charge in [-0.1, -0.05) is 0 Å². The first-order chi connectivity index (χ1) is 12.1. The molecule has 26 heavy (non-hydrogen) atoms. The van der Waals surface area contributed by atoms with E-state index in [0.717, 1.165) is 0 Å². The third kappa shape index (κ3) is 4.79. The maximum absolute atomic E-state index is 11.9. The summed E-state index contributed by atoms with van der Waals surface area (Å²) in [7, 11) is -0.0487. The van der Waals surface area contributed by atoms with Gasteiger partial charge in [-0.2, -0.15) is 4.78 Å². The van der Waals surface area contributed by atoms with Gasteiger partial charge in [-0.05, 0) is 34.6 Å². The van der Waals surface area contributed by atoms with Gasteiger partial charge in [-0.15, -0.1) is 0 Å². The summed E-state index contributed by atoms with van der Waals surface area (Å²) < 4.78 is 14.7. The zero-order chi connectivity index (χ0) is 19.6. The fourth-order valence-electron chi connectivity index (χ4n) is 3.29. The molecule has 1 aromatic heterocycles. The number of hydrogen-bond donors (Lipinski definition) is 2. The van der Waals surface area contributed by atoms with Crippen LogP contribution in [0.4, 0.5) is 0 Å². The van der Waals surface area contributed by atoms with Crippen LogP contribution < -0.4 is 11.2 Å². The fraction of sp³-hybridized carbons (Fsp3) is 0.750. The predicted octanol–water partition coefficient (Wildman–Crippen LogP) is 1.41. The van der Waals surface area contributed by atoms with Crippen molar-refractivity contribution in [2.75, 3.05) is 7.05 Å². The molecule has 0 radical (unpaired) electrons. The van der Waals surface area contributed by atoms with E-state index in [-0.39, 0.29) is 24.3 Å². The van der Waals surface area contributed by atoms with E-state index in [0.29, 0.717) is 6.42 Å². The second-order valence-corrected chi connectivity index (χ2v) is 8.30. The zero-order valence-corrected chi connectivity index (χ0v) is 17.0. The van der Waals surface area contributed by atoms with Crippen molar-refractivity contribution in [2.45, 2.75) is 71.6 Å². The summed E-state index contributed by atoms with van der Waals surface area (Å²) in [6, 6.07) is 1.70. The van der Waals surface area contributed by atoms with E-state index < -0.39 is 26.0 Å². The Hall–Kier alpha value is -1.09. The standard InChI is InChI=1S/C16H29N4O5P/c1-10(2)20(11(3)4)18(6)26(23)25-13-9-15(24-12(13)5)19-8-7-14(21)17-16(19)22/h7-8,10-13,15,23H,9H2,1-6H3,(H,17,21,22)/t12-,13+,15-,26?/m1/s1. The molecule has 0 saturated carbocycles. The highest BCUT2D eigenvalue weighted by molar-refractivity contribution is 7.43. The van der Waals surface area contributed by atoms with Crippen LogP contribution in [0.2, 0.25) is 0 Å². The number of hydrogen-bond acceptors (Lipinski definition) is 7. The molecule has 0 bridgehead atoms. The van der Waals surface area contributed by atoms with Crippen molar-refractivity contribution in [3.05, 3.63) is 33.1 Å². The molecule has 4 atom stereocenters. The summed E-state index contributed by atoms with van der Waals surface area (Å²) in [4.78, 5) is 35.9. The Morgan fingerprint density at radius 2 is 1.96 bits per heavy atom. The Kier molecular flexibility index (Phi) is 7.12. The molecule has 1 unspecified atom stereocenters. The van der Waals surface area contributed by atoms with Gasteiger partial charge in [0.1, 0.15) is 6.23 Å². The number of nitrogens with one attached hydrogen (secondary N) is 1. The van der Waals surface area contributed by atoms with E-state index in [4.69, 9.17) is 9.26 Å². The molecule has 1 aliphatic heterocycles. The van der Waals surface area contributed by atoms with E-state index in [9.17, 15) is 14.5 Å². The van der Waals surface area contributed by atoms with Gasteiger partial charge < -0.3 is 14.2 Å². The van der Waals surface area contributed by atoms with Gasteiger partial charge in [0.25, 0.3) is 14.1 Å². The lowest BCUT2D eigenvalue weighted by molar-refractivity contribution is -0.0218. The third-order valence-electron chi connectivity index (χ3n) is 4.36. The number of nitrogens with zero attached hydrogens (tertiary/aromatic N) is 3. The van der Waals surface area contributed by atoms with Crippen LogP contribution in [-0.4, -0.2) is 55.6 Å². The number of hydrazine groups is 1. The average Bonchev–Trinajstić information content (AvgIpc) is 2.87. The molecule has 1 aliphatic rings. The van der Waals surface area contributed by atoms with Crippen LogP contribution >= 0.6 is 8.53 Å². The Labute approximate surface area is 154 Å². The molecule has 0 amide bonds. The first-order valence-corrected chi connectivity index (χ1v) is 9.93. The van der Waals surface area contributed by atoms with Crippen LogP contribution in [0.25, 0.3) is 0 Å². The van der Waals surface area contributed by atoms with Crippen LogP contribution in [-0.2, 0) is 9.26 Å². The van der Waals surface area contributed by atoms with Crippen molar-refractivity contribution >= 4 is 8.53 Å². The fourth-order valence-corrected chi connectivity index (χ4v) is 4.51. The summed E-state index contributed by atoms with van der Waals surface area (Å²) in [6.07, 6.45) is 0.617. The molecule has 10 heteroatoms. The normalized spacial score (nSPS) is 25.0. The molecule has 148 valence electrons. The van der Waals surface area contributed by atoms with E-state index in [2.05, 4.69) is 37.7 Å². The predicted molar refractivity (Wildman–Crippen MR) is 99.4 cm³/mol. The molecule has 9 nitrogen and oxygen atoms in total. The molecule has 2 N–H and O–H groups in total. The molecule has 0 spiro atoms. The van der Waals surface area contributed by atoms with Gasteiger partial charge in [0.15, 0.2) is 0 Å². The van der Waals surface area contributed by atoms with Gasteiger partial charge in [0.05, 0.1) is 12.2 Å². The largest absolute Gasteiger partial charge is 0.352 e. The van der Waals surface area contributed by atoms with Gasteiger partial charge in [-0.25, -0.2) is 9.80 Å². The van der Waals surface area contributed by atoms with Crippen molar-refractivity contribution < 1.29 is 14.2 Å². The Morgan fingerprint density at radius 3 is 2.50 bits per heavy atom. The summed E-state index contributed by atoms with van der Waals surface area (Å²) in [5.41, 5.74) is -0.974. The Bertz CT molecular complexity index is 698. The van der Waals surface area contributed by atoms with Gasteiger partial charge in [0, 0.05) is 37.8 Å². The number of H-pyrrole nitrogens is 1. The number of aromatic nitrogens is 2. The minimum atomic E-state index is -1.85. The summed E-state index contributed by atoms with van der Waals surface area (Å²) in [5.74, 6) is 0. The zero-order valence-electron chi connectivity index (χ0n) is 16.1. The van der Waals surface area contributed by atoms with Crippen LogP contribution in [0, 0.1) is 0 Å². The Morgan fingerprint density at radius 1 is 1.35 bits per heavy atom. The van der Waals surface area contributed by atoms with Crippen molar-refractivity contribution in [1.29, 1.82) is 0 Å². The van der Waals surface area contributed by atoms with E-state index in [1.54, 1.807) is 11.8 Å². The van der Waals surface area contributed by atoms with E-state index in [1.807, 2.05) is 6.92 Å². The molecule has 1 fully saturated rings. The number of ether oxygens (including phenoxy) is 1. The lowest BCUT2D eigenvalue weighted by Crippen LogP contribution is -2.46. The Balaban J connectivity index is 2.06. The van der Waals surface area contributed by atoms with Gasteiger partial charge in [-0.3, -0.25) is 14.3 Å². The maximum atomic E-state index is 11.9.